The van der Waals surface area contributed by atoms with E-state index in [2.05, 4.69) is 29.5 Å². The van der Waals surface area contributed by atoms with E-state index in [-0.39, 0.29) is 0 Å². The van der Waals surface area contributed by atoms with Gasteiger partial charge in [-0.25, -0.2) is 9.97 Å². The number of thiophene rings is 1. The van der Waals surface area contributed by atoms with Gasteiger partial charge in [0.1, 0.15) is 11.3 Å². The van der Waals surface area contributed by atoms with Gasteiger partial charge in [0.2, 0.25) is 0 Å². The summed E-state index contributed by atoms with van der Waals surface area (Å²) in [5.41, 5.74) is 9.09. The average molecular weight is 286 g/mol. The van der Waals surface area contributed by atoms with Crippen LogP contribution in [-0.2, 0) is 13.0 Å². The molecular formula is C15H18N4S. The summed E-state index contributed by atoms with van der Waals surface area (Å²) < 4.78 is 2.17. The van der Waals surface area contributed by atoms with Gasteiger partial charge in [-0.3, -0.25) is 0 Å². The van der Waals surface area contributed by atoms with Crippen LogP contribution in [0.25, 0.3) is 22.6 Å². The van der Waals surface area contributed by atoms with Gasteiger partial charge in [-0.15, -0.1) is 11.3 Å². The monoisotopic (exact) mass is 286 g/mol. The van der Waals surface area contributed by atoms with Crippen molar-refractivity contribution >= 4 is 27.5 Å². The van der Waals surface area contributed by atoms with Crippen molar-refractivity contribution in [2.24, 2.45) is 0 Å². The zero-order chi connectivity index (χ0) is 14.1. The van der Waals surface area contributed by atoms with Crippen molar-refractivity contribution in [1.29, 1.82) is 0 Å². The summed E-state index contributed by atoms with van der Waals surface area (Å²) in [5.74, 6) is 0.939. The largest absolute Gasteiger partial charge is 0.390 e. The fourth-order valence-corrected chi connectivity index (χ4v) is 3.27. The van der Waals surface area contributed by atoms with Crippen molar-refractivity contribution in [3.8, 4) is 11.4 Å². The van der Waals surface area contributed by atoms with Gasteiger partial charge >= 0.3 is 0 Å². The molecule has 3 heterocycles. The van der Waals surface area contributed by atoms with E-state index in [1.54, 1.807) is 11.3 Å². The summed E-state index contributed by atoms with van der Waals surface area (Å²) in [6, 6.07) is 6.08. The van der Waals surface area contributed by atoms with Crippen LogP contribution in [0.1, 0.15) is 25.1 Å². The van der Waals surface area contributed by atoms with Gasteiger partial charge in [-0.05, 0) is 31.0 Å². The molecule has 3 rings (SSSR count). The van der Waals surface area contributed by atoms with Gasteiger partial charge in [-0.2, -0.15) is 0 Å². The third-order valence-electron chi connectivity index (χ3n) is 3.35. The van der Waals surface area contributed by atoms with Gasteiger partial charge < -0.3 is 10.3 Å². The zero-order valence-corrected chi connectivity index (χ0v) is 12.6. The van der Waals surface area contributed by atoms with Gasteiger partial charge in [0.25, 0.3) is 0 Å². The summed E-state index contributed by atoms with van der Waals surface area (Å²) in [6.07, 6.45) is 3.86. The van der Waals surface area contributed by atoms with Crippen LogP contribution >= 0.6 is 11.3 Å². The first-order valence-electron chi connectivity index (χ1n) is 6.94. The minimum atomic E-state index is 0.842. The average Bonchev–Trinajstić information content (AvgIpc) is 3.00. The number of aromatic nitrogens is 3. The molecule has 2 N–H and O–H groups in total. The van der Waals surface area contributed by atoms with Crippen molar-refractivity contribution in [1.82, 2.24) is 14.5 Å². The van der Waals surface area contributed by atoms with Crippen LogP contribution in [0.4, 0.5) is 5.00 Å². The van der Waals surface area contributed by atoms with Crippen molar-refractivity contribution < 1.29 is 0 Å². The highest BCUT2D eigenvalue weighted by Gasteiger charge is 2.17. The van der Waals surface area contributed by atoms with E-state index in [9.17, 15) is 0 Å². The standard InChI is InChI=1S/C15H18N4S/c1-3-8-19-14(11-9-10(4-2)20-13(11)16)18-12-6-5-7-17-15(12)19/h5-7,9H,3-4,8,16H2,1-2H3. The number of nitrogens with two attached hydrogens (primary N) is 1. The fourth-order valence-electron chi connectivity index (χ4n) is 2.41. The highest BCUT2D eigenvalue weighted by atomic mass is 32.1. The van der Waals surface area contributed by atoms with Crippen molar-refractivity contribution in [2.45, 2.75) is 33.2 Å². The summed E-state index contributed by atoms with van der Waals surface area (Å²) in [5, 5.41) is 0.842. The zero-order valence-electron chi connectivity index (χ0n) is 11.8. The molecule has 104 valence electrons. The van der Waals surface area contributed by atoms with Crippen LogP contribution < -0.4 is 5.73 Å². The molecule has 20 heavy (non-hydrogen) atoms. The number of nitrogen functional groups attached to an aromatic ring is 1. The molecule has 0 amide bonds. The maximum atomic E-state index is 6.18. The fraction of sp³-hybridized carbons (Fsp3) is 0.333. The second-order valence-corrected chi connectivity index (χ2v) is 5.95. The minimum absolute atomic E-state index is 0.842. The Hall–Kier alpha value is -1.88. The molecule has 0 aliphatic rings. The van der Waals surface area contributed by atoms with E-state index in [4.69, 9.17) is 10.7 Å². The number of anilines is 1. The number of hydrogen-bond donors (Lipinski definition) is 1. The number of rotatable bonds is 4. The van der Waals surface area contributed by atoms with Gasteiger partial charge in [0, 0.05) is 17.6 Å². The predicted octanol–water partition coefficient (Wildman–Crippen LogP) is 3.71. The molecule has 0 saturated heterocycles. The van der Waals surface area contributed by atoms with Crippen molar-refractivity contribution in [3.63, 3.8) is 0 Å². The normalized spacial score (nSPS) is 11.3. The van der Waals surface area contributed by atoms with E-state index in [0.717, 1.165) is 46.9 Å². The van der Waals surface area contributed by atoms with Crippen LogP contribution in [0, 0.1) is 0 Å². The molecule has 0 aliphatic heterocycles. The second-order valence-electron chi connectivity index (χ2n) is 4.78. The molecule has 0 atom stereocenters. The third-order valence-corrected chi connectivity index (χ3v) is 4.46. The van der Waals surface area contributed by atoms with E-state index in [1.165, 1.54) is 4.88 Å². The molecule has 0 aliphatic carbocycles. The van der Waals surface area contributed by atoms with E-state index >= 15 is 0 Å². The number of pyridine rings is 1. The lowest BCUT2D eigenvalue weighted by Gasteiger charge is -2.06. The predicted molar refractivity (Wildman–Crippen MR) is 84.9 cm³/mol. The van der Waals surface area contributed by atoms with Crippen LogP contribution in [0.15, 0.2) is 24.4 Å². The molecule has 3 aromatic rings. The molecule has 0 spiro atoms. The lowest BCUT2D eigenvalue weighted by molar-refractivity contribution is 0.699. The summed E-state index contributed by atoms with van der Waals surface area (Å²) in [6.45, 7) is 5.21. The van der Waals surface area contributed by atoms with Crippen molar-refractivity contribution in [2.75, 3.05) is 5.73 Å². The van der Waals surface area contributed by atoms with E-state index in [1.807, 2.05) is 18.3 Å². The Morgan fingerprint density at radius 1 is 1.35 bits per heavy atom. The summed E-state index contributed by atoms with van der Waals surface area (Å²) in [4.78, 5) is 10.5. The highest BCUT2D eigenvalue weighted by Crippen LogP contribution is 2.35. The molecule has 3 aromatic heterocycles. The Balaban J connectivity index is 2.23. The Morgan fingerprint density at radius 2 is 2.20 bits per heavy atom. The SMILES string of the molecule is CCCn1c(-c2cc(CC)sc2N)nc2cccnc21. The van der Waals surface area contributed by atoms with Crippen LogP contribution in [0.5, 0.6) is 0 Å². The second kappa shape index (κ2) is 5.25. The minimum Gasteiger partial charge on any atom is -0.390 e. The Morgan fingerprint density at radius 3 is 2.90 bits per heavy atom. The van der Waals surface area contributed by atoms with Gasteiger partial charge in [0.05, 0.1) is 10.6 Å². The molecule has 4 nitrogen and oxygen atoms in total. The summed E-state index contributed by atoms with van der Waals surface area (Å²) >= 11 is 1.65. The number of imidazole rings is 1. The maximum Gasteiger partial charge on any atom is 0.160 e. The van der Waals surface area contributed by atoms with Crippen molar-refractivity contribution in [3.05, 3.63) is 29.3 Å². The Bertz CT molecular complexity index is 741. The van der Waals surface area contributed by atoms with Crippen LogP contribution in [-0.4, -0.2) is 14.5 Å². The molecule has 0 aromatic carbocycles. The quantitative estimate of drug-likeness (QED) is 0.795. The van der Waals surface area contributed by atoms with Crippen LogP contribution in [0.3, 0.4) is 0 Å². The first-order valence-corrected chi connectivity index (χ1v) is 7.76. The summed E-state index contributed by atoms with van der Waals surface area (Å²) in [7, 11) is 0. The third kappa shape index (κ3) is 2.08. The molecule has 0 unspecified atom stereocenters. The smallest absolute Gasteiger partial charge is 0.160 e. The molecular weight excluding hydrogens is 268 g/mol. The molecule has 0 radical (unpaired) electrons. The number of nitrogens with zero attached hydrogens (tertiary/aromatic N) is 3. The van der Waals surface area contributed by atoms with Crippen LogP contribution in [0.2, 0.25) is 0 Å². The van der Waals surface area contributed by atoms with Gasteiger partial charge in [0.15, 0.2) is 5.65 Å². The first kappa shape index (κ1) is 13.1. The molecule has 5 heteroatoms. The number of hydrogen-bond acceptors (Lipinski definition) is 4. The Kier molecular flexibility index (Phi) is 3.44. The number of aryl methyl sites for hydroxylation is 2. The molecule has 0 bridgehead atoms. The number of fused-ring (bicyclic) bond motifs is 1. The lowest BCUT2D eigenvalue weighted by Crippen LogP contribution is -2.01. The van der Waals surface area contributed by atoms with E-state index in [0.29, 0.717) is 0 Å². The maximum absolute atomic E-state index is 6.18. The Labute approximate surface area is 122 Å². The molecule has 0 saturated carbocycles. The molecule has 0 fully saturated rings. The van der Waals surface area contributed by atoms with E-state index < -0.39 is 0 Å². The first-order chi connectivity index (χ1) is 9.74. The lowest BCUT2D eigenvalue weighted by atomic mass is 10.2. The topological polar surface area (TPSA) is 56.7 Å². The highest BCUT2D eigenvalue weighted by molar-refractivity contribution is 7.16. The van der Waals surface area contributed by atoms with Gasteiger partial charge in [-0.1, -0.05) is 13.8 Å².